The number of hydrogen-bond donors (Lipinski definition) is 3. The molecule has 1 saturated heterocycles. The van der Waals surface area contributed by atoms with E-state index in [0.29, 0.717) is 11.4 Å². The first-order valence-corrected chi connectivity index (χ1v) is 10.0. The average Bonchev–Trinajstić information content (AvgIpc) is 3.09. The van der Waals surface area contributed by atoms with Crippen molar-refractivity contribution in [3.05, 3.63) is 70.7 Å². The van der Waals surface area contributed by atoms with Gasteiger partial charge in [-0.15, -0.1) is 0 Å². The number of nitrogens with zero attached hydrogens (tertiary/aromatic N) is 1. The van der Waals surface area contributed by atoms with Crippen molar-refractivity contribution >= 4 is 29.4 Å². The Morgan fingerprint density at radius 1 is 1.13 bits per heavy atom. The van der Waals surface area contributed by atoms with Crippen LogP contribution in [0.2, 0.25) is 5.02 Å². The Balaban J connectivity index is 1.75. The van der Waals surface area contributed by atoms with Crippen molar-refractivity contribution in [2.75, 3.05) is 0 Å². The van der Waals surface area contributed by atoms with E-state index >= 15 is 0 Å². The van der Waals surface area contributed by atoms with Crippen LogP contribution in [0.5, 0.6) is 0 Å². The Labute approximate surface area is 179 Å². The molecule has 3 rings (SSSR count). The summed E-state index contributed by atoms with van der Waals surface area (Å²) in [4.78, 5) is 38.1. The van der Waals surface area contributed by atoms with Crippen LogP contribution in [0.4, 0.5) is 0 Å². The van der Waals surface area contributed by atoms with Gasteiger partial charge in [-0.3, -0.25) is 9.59 Å². The van der Waals surface area contributed by atoms with Crippen LogP contribution in [0.15, 0.2) is 54.6 Å². The van der Waals surface area contributed by atoms with Crippen LogP contribution >= 0.6 is 11.6 Å². The standard InChI is InChI=1S/C22H23ClN2O5/c23-16-9-5-4-8-15(16)13-25-18(10-11-19(25)26)21(28)24-17(20(27)22(29)30)12-14-6-2-1-3-7-14/h1-9,17-18,20,27H,10-13H2,(H,24,28)(H,29,30)/t17?,18-,20?/m1/s1. The molecule has 1 fully saturated rings. The maximum atomic E-state index is 13.0. The number of carboxylic acid groups (broad SMARTS) is 1. The molecule has 1 aliphatic rings. The van der Waals surface area contributed by atoms with Crippen molar-refractivity contribution in [2.45, 2.75) is 44.0 Å². The SMILES string of the molecule is O=C(O)C(O)C(Cc1ccccc1)NC(=O)[C@H]1CCC(=O)N1Cc1ccccc1Cl. The fourth-order valence-electron chi connectivity index (χ4n) is 3.58. The van der Waals surface area contributed by atoms with E-state index < -0.39 is 30.1 Å². The number of benzene rings is 2. The monoisotopic (exact) mass is 430 g/mol. The minimum absolute atomic E-state index is 0.144. The second-order valence-electron chi connectivity index (χ2n) is 7.26. The summed E-state index contributed by atoms with van der Waals surface area (Å²) in [6.45, 7) is 0.182. The van der Waals surface area contributed by atoms with Crippen molar-refractivity contribution in [3.8, 4) is 0 Å². The third-order valence-electron chi connectivity index (χ3n) is 5.19. The highest BCUT2D eigenvalue weighted by atomic mass is 35.5. The average molecular weight is 431 g/mol. The van der Waals surface area contributed by atoms with Crippen LogP contribution in [0.1, 0.15) is 24.0 Å². The molecule has 0 bridgehead atoms. The molecule has 0 spiro atoms. The van der Waals surface area contributed by atoms with Gasteiger partial charge in [0.1, 0.15) is 6.04 Å². The van der Waals surface area contributed by atoms with E-state index in [1.54, 1.807) is 48.5 Å². The first kappa shape index (κ1) is 21.8. The van der Waals surface area contributed by atoms with E-state index in [4.69, 9.17) is 11.6 Å². The highest BCUT2D eigenvalue weighted by molar-refractivity contribution is 6.31. The van der Waals surface area contributed by atoms with Gasteiger partial charge in [-0.05, 0) is 30.0 Å². The summed E-state index contributed by atoms with van der Waals surface area (Å²) in [5.41, 5.74) is 1.50. The van der Waals surface area contributed by atoms with Crippen LogP contribution in [0.25, 0.3) is 0 Å². The Kier molecular flexibility index (Phi) is 7.07. The molecule has 2 amide bonds. The quantitative estimate of drug-likeness (QED) is 0.593. The molecular formula is C22H23ClN2O5. The van der Waals surface area contributed by atoms with Gasteiger partial charge in [-0.25, -0.2) is 4.79 Å². The number of amides is 2. The highest BCUT2D eigenvalue weighted by Crippen LogP contribution is 2.25. The van der Waals surface area contributed by atoms with Gasteiger partial charge >= 0.3 is 5.97 Å². The maximum Gasteiger partial charge on any atom is 0.334 e. The molecular weight excluding hydrogens is 408 g/mol. The molecule has 8 heteroatoms. The lowest BCUT2D eigenvalue weighted by atomic mass is 10.0. The Hall–Kier alpha value is -2.90. The predicted octanol–water partition coefficient (Wildman–Crippen LogP) is 2.00. The zero-order chi connectivity index (χ0) is 21.7. The lowest BCUT2D eigenvalue weighted by Crippen LogP contribution is -2.53. The lowest BCUT2D eigenvalue weighted by Gasteiger charge is -2.28. The third kappa shape index (κ3) is 5.17. The molecule has 3 atom stereocenters. The minimum Gasteiger partial charge on any atom is -0.479 e. The number of carboxylic acids is 1. The van der Waals surface area contributed by atoms with Gasteiger partial charge in [0.05, 0.1) is 6.04 Å². The summed E-state index contributed by atoms with van der Waals surface area (Å²) >= 11 is 6.19. The Bertz CT molecular complexity index is 921. The zero-order valence-electron chi connectivity index (χ0n) is 16.2. The van der Waals surface area contributed by atoms with Crippen molar-refractivity contribution in [1.29, 1.82) is 0 Å². The second kappa shape index (κ2) is 9.73. The van der Waals surface area contributed by atoms with Crippen LogP contribution in [0, 0.1) is 0 Å². The van der Waals surface area contributed by atoms with Crippen LogP contribution < -0.4 is 5.32 Å². The van der Waals surface area contributed by atoms with E-state index in [1.807, 2.05) is 6.07 Å². The van der Waals surface area contributed by atoms with Gasteiger partial charge < -0.3 is 20.4 Å². The molecule has 158 valence electrons. The number of rotatable bonds is 8. The summed E-state index contributed by atoms with van der Waals surface area (Å²) < 4.78 is 0. The summed E-state index contributed by atoms with van der Waals surface area (Å²) in [5.74, 6) is -2.09. The van der Waals surface area contributed by atoms with Gasteiger partial charge in [0.15, 0.2) is 6.10 Å². The normalized spacial score (nSPS) is 18.1. The molecule has 1 heterocycles. The molecule has 0 aliphatic carbocycles. The number of aliphatic carboxylic acids is 1. The molecule has 1 aliphatic heterocycles. The van der Waals surface area contributed by atoms with Gasteiger partial charge in [-0.2, -0.15) is 0 Å². The van der Waals surface area contributed by atoms with E-state index in [9.17, 15) is 24.6 Å². The number of aliphatic hydroxyl groups excluding tert-OH is 1. The number of aliphatic hydroxyl groups is 1. The molecule has 0 radical (unpaired) electrons. The predicted molar refractivity (Wildman–Crippen MR) is 111 cm³/mol. The fourth-order valence-corrected chi connectivity index (χ4v) is 3.77. The molecule has 2 unspecified atom stereocenters. The highest BCUT2D eigenvalue weighted by Gasteiger charge is 2.38. The van der Waals surface area contributed by atoms with Gasteiger partial charge in [0, 0.05) is 18.0 Å². The Morgan fingerprint density at radius 2 is 1.80 bits per heavy atom. The first-order chi connectivity index (χ1) is 14.4. The number of likely N-dealkylation sites (tertiary alicyclic amines) is 1. The van der Waals surface area contributed by atoms with E-state index in [0.717, 1.165) is 11.1 Å². The topological polar surface area (TPSA) is 107 Å². The number of hydrogen-bond acceptors (Lipinski definition) is 4. The number of carbonyl (C=O) groups excluding carboxylic acids is 2. The van der Waals surface area contributed by atoms with Gasteiger partial charge in [0.25, 0.3) is 0 Å². The largest absolute Gasteiger partial charge is 0.479 e. The van der Waals surface area contributed by atoms with Gasteiger partial charge in [-0.1, -0.05) is 60.1 Å². The maximum absolute atomic E-state index is 13.0. The van der Waals surface area contributed by atoms with E-state index in [1.165, 1.54) is 4.90 Å². The van der Waals surface area contributed by atoms with Gasteiger partial charge in [0.2, 0.25) is 11.8 Å². The van der Waals surface area contributed by atoms with Crippen LogP contribution in [-0.4, -0.2) is 51.1 Å². The summed E-state index contributed by atoms with van der Waals surface area (Å²) in [6, 6.07) is 14.3. The van der Waals surface area contributed by atoms with E-state index in [-0.39, 0.29) is 25.3 Å². The smallest absolute Gasteiger partial charge is 0.334 e. The summed E-state index contributed by atoms with van der Waals surface area (Å²) in [7, 11) is 0. The second-order valence-corrected chi connectivity index (χ2v) is 7.66. The molecule has 3 N–H and O–H groups in total. The molecule has 2 aromatic carbocycles. The fraction of sp³-hybridized carbons (Fsp3) is 0.318. The Morgan fingerprint density at radius 3 is 2.47 bits per heavy atom. The van der Waals surface area contributed by atoms with Crippen molar-refractivity contribution in [1.82, 2.24) is 10.2 Å². The number of nitrogens with one attached hydrogen (secondary N) is 1. The molecule has 30 heavy (non-hydrogen) atoms. The minimum atomic E-state index is -1.77. The van der Waals surface area contributed by atoms with Crippen LogP contribution in [-0.2, 0) is 27.3 Å². The first-order valence-electron chi connectivity index (χ1n) is 9.65. The molecule has 0 aromatic heterocycles. The lowest BCUT2D eigenvalue weighted by molar-refractivity contribution is -0.149. The van der Waals surface area contributed by atoms with Crippen molar-refractivity contribution in [2.24, 2.45) is 0 Å². The summed E-state index contributed by atoms with van der Waals surface area (Å²) in [6.07, 6.45) is -1.10. The third-order valence-corrected chi connectivity index (χ3v) is 5.56. The van der Waals surface area contributed by atoms with Crippen molar-refractivity contribution in [3.63, 3.8) is 0 Å². The summed E-state index contributed by atoms with van der Waals surface area (Å²) in [5, 5.41) is 22.5. The zero-order valence-corrected chi connectivity index (χ0v) is 17.0. The van der Waals surface area contributed by atoms with Crippen molar-refractivity contribution < 1.29 is 24.6 Å². The number of halogens is 1. The molecule has 7 nitrogen and oxygen atoms in total. The van der Waals surface area contributed by atoms with Crippen LogP contribution in [0.3, 0.4) is 0 Å². The molecule has 2 aromatic rings. The number of carbonyl (C=O) groups is 3. The molecule has 0 saturated carbocycles. The van der Waals surface area contributed by atoms with E-state index in [2.05, 4.69) is 5.32 Å².